The summed E-state index contributed by atoms with van der Waals surface area (Å²) in [6, 6.07) is 7.87. The highest BCUT2D eigenvalue weighted by atomic mass is 79.9. The molecule has 1 unspecified atom stereocenters. The number of anilines is 3. The van der Waals surface area contributed by atoms with Crippen LogP contribution in [0.3, 0.4) is 0 Å². The average molecular weight is 458 g/mol. The minimum absolute atomic E-state index is 0.285. The second-order valence-electron chi connectivity index (χ2n) is 6.97. The van der Waals surface area contributed by atoms with Crippen molar-refractivity contribution >= 4 is 44.5 Å². The first-order valence-electron chi connectivity index (χ1n) is 9.32. The highest BCUT2D eigenvalue weighted by Crippen LogP contribution is 2.38. The van der Waals surface area contributed by atoms with Crippen LogP contribution in [0.15, 0.2) is 29.0 Å². The lowest BCUT2D eigenvalue weighted by Crippen LogP contribution is -2.18. The predicted molar refractivity (Wildman–Crippen MR) is 112 cm³/mol. The van der Waals surface area contributed by atoms with Gasteiger partial charge in [0.05, 0.1) is 30.7 Å². The van der Waals surface area contributed by atoms with Crippen molar-refractivity contribution in [3.8, 4) is 6.07 Å². The fourth-order valence-electron chi connectivity index (χ4n) is 3.01. The molecule has 0 bridgehead atoms. The molecule has 1 fully saturated rings. The number of nitriles is 1. The molecule has 4 rings (SSSR count). The molecule has 0 radical (unpaired) electrons. The lowest BCUT2D eigenvalue weighted by molar-refractivity contribution is 0.0910. The van der Waals surface area contributed by atoms with E-state index >= 15 is 0 Å². The topological polar surface area (TPSA) is 132 Å². The predicted octanol–water partition coefficient (Wildman–Crippen LogP) is 2.69. The van der Waals surface area contributed by atoms with Crippen molar-refractivity contribution in [1.82, 2.24) is 19.5 Å². The zero-order chi connectivity index (χ0) is 20.4. The Kier molecular flexibility index (Phi) is 5.62. The summed E-state index contributed by atoms with van der Waals surface area (Å²) in [6.07, 6.45) is 3.57. The standard InChI is InChI=1S/C19H20BrN7O2/c20-12-5-11(8-21)6-13(7-12)24-17-16-18(27(10-23-16)14-1-2-14)26-19(25-17)22-4-3-15(29)9-28/h5-7,10,14-15,28-29H,1-4,9H2,(H2,22,24,25,26). The highest BCUT2D eigenvalue weighted by molar-refractivity contribution is 9.10. The maximum Gasteiger partial charge on any atom is 0.226 e. The van der Waals surface area contributed by atoms with Crippen LogP contribution < -0.4 is 10.6 Å². The second-order valence-corrected chi connectivity index (χ2v) is 7.88. The molecule has 10 heteroatoms. The molecule has 4 N–H and O–H groups in total. The van der Waals surface area contributed by atoms with E-state index < -0.39 is 6.10 Å². The molecule has 1 aliphatic rings. The second kappa shape index (κ2) is 8.32. The molecular formula is C19H20BrN7O2. The van der Waals surface area contributed by atoms with Crippen LogP contribution in [0.2, 0.25) is 0 Å². The van der Waals surface area contributed by atoms with Crippen molar-refractivity contribution < 1.29 is 10.2 Å². The first-order valence-corrected chi connectivity index (χ1v) is 10.1. The van der Waals surface area contributed by atoms with Gasteiger partial charge in [0.25, 0.3) is 0 Å². The first kappa shape index (κ1) is 19.6. The van der Waals surface area contributed by atoms with Crippen LogP contribution in [-0.4, -0.2) is 49.0 Å². The minimum Gasteiger partial charge on any atom is -0.394 e. The quantitative estimate of drug-likeness (QED) is 0.405. The SMILES string of the molecule is N#Cc1cc(Br)cc(Nc2nc(NCCC(O)CO)nc3c2ncn3C2CC2)c1. The summed E-state index contributed by atoms with van der Waals surface area (Å²) in [5.74, 6) is 0.935. The largest absolute Gasteiger partial charge is 0.394 e. The molecule has 0 saturated heterocycles. The Hall–Kier alpha value is -2.74. The Balaban J connectivity index is 1.68. The molecule has 1 atom stereocenters. The van der Waals surface area contributed by atoms with E-state index in [0.29, 0.717) is 47.5 Å². The summed E-state index contributed by atoms with van der Waals surface area (Å²) >= 11 is 3.42. The Morgan fingerprint density at radius 1 is 1.31 bits per heavy atom. The lowest BCUT2D eigenvalue weighted by atomic mass is 10.2. The number of hydrogen-bond acceptors (Lipinski definition) is 8. The number of aromatic nitrogens is 4. The summed E-state index contributed by atoms with van der Waals surface area (Å²) < 4.78 is 2.83. The Labute approximate surface area is 175 Å². The highest BCUT2D eigenvalue weighted by Gasteiger charge is 2.27. The van der Waals surface area contributed by atoms with E-state index in [0.717, 1.165) is 23.0 Å². The molecule has 29 heavy (non-hydrogen) atoms. The molecule has 2 heterocycles. The number of hydrogen-bond donors (Lipinski definition) is 4. The number of halogens is 1. The summed E-state index contributed by atoms with van der Waals surface area (Å²) in [5, 5.41) is 34.1. The maximum absolute atomic E-state index is 9.54. The Morgan fingerprint density at radius 3 is 2.86 bits per heavy atom. The maximum atomic E-state index is 9.54. The van der Waals surface area contributed by atoms with E-state index in [2.05, 4.69) is 52.2 Å². The van der Waals surface area contributed by atoms with Crippen LogP contribution >= 0.6 is 15.9 Å². The van der Waals surface area contributed by atoms with E-state index in [1.54, 1.807) is 18.5 Å². The van der Waals surface area contributed by atoms with E-state index in [1.807, 2.05) is 6.07 Å². The summed E-state index contributed by atoms with van der Waals surface area (Å²) in [5.41, 5.74) is 2.60. The van der Waals surface area contributed by atoms with E-state index in [1.165, 1.54) is 0 Å². The van der Waals surface area contributed by atoms with Crippen LogP contribution in [0.1, 0.15) is 30.9 Å². The molecule has 150 valence electrons. The van der Waals surface area contributed by atoms with Crippen molar-refractivity contribution in [1.29, 1.82) is 5.26 Å². The third-order valence-corrected chi connectivity index (χ3v) is 5.08. The smallest absolute Gasteiger partial charge is 0.226 e. The van der Waals surface area contributed by atoms with Gasteiger partial charge in [-0.3, -0.25) is 0 Å². The van der Waals surface area contributed by atoms with Gasteiger partial charge in [0.15, 0.2) is 17.0 Å². The molecule has 0 aliphatic heterocycles. The summed E-state index contributed by atoms with van der Waals surface area (Å²) in [6.45, 7) is 0.132. The van der Waals surface area contributed by atoms with Gasteiger partial charge in [0, 0.05) is 22.7 Å². The number of benzene rings is 1. The minimum atomic E-state index is -0.785. The van der Waals surface area contributed by atoms with Crippen molar-refractivity contribution in [2.75, 3.05) is 23.8 Å². The monoisotopic (exact) mass is 457 g/mol. The van der Waals surface area contributed by atoms with E-state index in [4.69, 9.17) is 5.11 Å². The number of imidazole rings is 1. The molecule has 0 spiro atoms. The van der Waals surface area contributed by atoms with Gasteiger partial charge in [-0.2, -0.15) is 15.2 Å². The van der Waals surface area contributed by atoms with Gasteiger partial charge in [-0.15, -0.1) is 0 Å². The normalized spacial score (nSPS) is 14.6. The molecule has 1 saturated carbocycles. The Bertz CT molecular complexity index is 1070. The van der Waals surface area contributed by atoms with Gasteiger partial charge in [-0.1, -0.05) is 15.9 Å². The van der Waals surface area contributed by atoms with Gasteiger partial charge in [-0.05, 0) is 37.5 Å². The number of rotatable bonds is 8. The molecule has 1 aliphatic carbocycles. The molecule has 1 aromatic carbocycles. The molecule has 0 amide bonds. The fourth-order valence-corrected chi connectivity index (χ4v) is 3.50. The lowest BCUT2D eigenvalue weighted by Gasteiger charge is -2.12. The number of aliphatic hydroxyl groups is 2. The van der Waals surface area contributed by atoms with Crippen molar-refractivity contribution in [2.24, 2.45) is 0 Å². The van der Waals surface area contributed by atoms with E-state index in [-0.39, 0.29) is 6.61 Å². The third-order valence-electron chi connectivity index (χ3n) is 4.62. The van der Waals surface area contributed by atoms with Gasteiger partial charge in [0.1, 0.15) is 0 Å². The van der Waals surface area contributed by atoms with Crippen LogP contribution in [-0.2, 0) is 0 Å². The number of aliphatic hydroxyl groups excluding tert-OH is 2. The summed E-state index contributed by atoms with van der Waals surface area (Å²) in [7, 11) is 0. The summed E-state index contributed by atoms with van der Waals surface area (Å²) in [4.78, 5) is 13.7. The van der Waals surface area contributed by atoms with Crippen LogP contribution in [0, 0.1) is 11.3 Å². The van der Waals surface area contributed by atoms with Gasteiger partial charge < -0.3 is 25.4 Å². The van der Waals surface area contributed by atoms with Crippen LogP contribution in [0.25, 0.3) is 11.2 Å². The number of nitrogens with zero attached hydrogens (tertiary/aromatic N) is 5. The molecule has 9 nitrogen and oxygen atoms in total. The number of nitrogens with one attached hydrogen (secondary N) is 2. The third kappa shape index (κ3) is 4.48. The van der Waals surface area contributed by atoms with Gasteiger partial charge >= 0.3 is 0 Å². The fraction of sp³-hybridized carbons (Fsp3) is 0.368. The molecular weight excluding hydrogens is 438 g/mol. The zero-order valence-electron chi connectivity index (χ0n) is 15.5. The zero-order valence-corrected chi connectivity index (χ0v) is 17.1. The van der Waals surface area contributed by atoms with Gasteiger partial charge in [-0.25, -0.2) is 4.98 Å². The van der Waals surface area contributed by atoms with Crippen LogP contribution in [0.4, 0.5) is 17.5 Å². The van der Waals surface area contributed by atoms with Crippen molar-refractivity contribution in [3.63, 3.8) is 0 Å². The molecule has 2 aromatic heterocycles. The van der Waals surface area contributed by atoms with Crippen molar-refractivity contribution in [2.45, 2.75) is 31.4 Å². The first-order chi connectivity index (χ1) is 14.1. The average Bonchev–Trinajstić information content (AvgIpc) is 3.46. The Morgan fingerprint density at radius 2 is 2.14 bits per heavy atom. The van der Waals surface area contributed by atoms with Crippen LogP contribution in [0.5, 0.6) is 0 Å². The van der Waals surface area contributed by atoms with Gasteiger partial charge in [0.2, 0.25) is 5.95 Å². The van der Waals surface area contributed by atoms with E-state index in [9.17, 15) is 10.4 Å². The van der Waals surface area contributed by atoms with Crippen molar-refractivity contribution in [3.05, 3.63) is 34.6 Å². The number of fused-ring (bicyclic) bond motifs is 1. The molecule has 3 aromatic rings.